The highest BCUT2D eigenvalue weighted by Crippen LogP contribution is 2.05. The van der Waals surface area contributed by atoms with Crippen LogP contribution in [0.25, 0.3) is 0 Å². The molecule has 1 atom stereocenters. The lowest BCUT2D eigenvalue weighted by molar-refractivity contribution is 0.730. The highest BCUT2D eigenvalue weighted by Gasteiger charge is 1.97. The lowest BCUT2D eigenvalue weighted by atomic mass is 10.1. The van der Waals surface area contributed by atoms with Gasteiger partial charge in [0.05, 0.1) is 0 Å². The van der Waals surface area contributed by atoms with E-state index < -0.39 is 0 Å². The maximum absolute atomic E-state index is 5.69. The van der Waals surface area contributed by atoms with Crippen molar-refractivity contribution in [1.82, 2.24) is 5.43 Å². The summed E-state index contributed by atoms with van der Waals surface area (Å²) in [7, 11) is 0. The van der Waals surface area contributed by atoms with Gasteiger partial charge in [-0.2, -0.15) is 0 Å². The van der Waals surface area contributed by atoms with Crippen LogP contribution in [-0.2, 0) is 13.0 Å². The topological polar surface area (TPSA) is 64.1 Å². The van der Waals surface area contributed by atoms with Crippen LogP contribution in [0.1, 0.15) is 18.1 Å². The molecule has 0 aliphatic carbocycles. The van der Waals surface area contributed by atoms with E-state index in [2.05, 4.69) is 29.7 Å². The van der Waals surface area contributed by atoms with Gasteiger partial charge in [-0.15, -0.1) is 0 Å². The Kier molecular flexibility index (Phi) is 3.89. The standard InChI is InChI=1S/C10H17N3/c1-8(11)6-9-2-4-10(5-3-9)7-13-12/h2-5,8,13H,6-7,11-12H2,1H3. The first kappa shape index (κ1) is 10.2. The third-order valence-electron chi connectivity index (χ3n) is 1.89. The minimum absolute atomic E-state index is 0.221. The summed E-state index contributed by atoms with van der Waals surface area (Å²) < 4.78 is 0. The zero-order chi connectivity index (χ0) is 9.68. The van der Waals surface area contributed by atoms with E-state index in [1.165, 1.54) is 11.1 Å². The molecule has 0 amide bonds. The average Bonchev–Trinajstić information content (AvgIpc) is 2.08. The van der Waals surface area contributed by atoms with Crippen LogP contribution in [0.2, 0.25) is 0 Å². The fraction of sp³-hybridized carbons (Fsp3) is 0.400. The molecule has 0 saturated carbocycles. The van der Waals surface area contributed by atoms with Gasteiger partial charge in [0.1, 0.15) is 0 Å². The fourth-order valence-electron chi connectivity index (χ4n) is 1.28. The van der Waals surface area contributed by atoms with Gasteiger partial charge in [-0.25, -0.2) is 0 Å². The van der Waals surface area contributed by atoms with Crippen molar-refractivity contribution < 1.29 is 0 Å². The maximum Gasteiger partial charge on any atom is 0.0348 e. The summed E-state index contributed by atoms with van der Waals surface area (Å²) in [4.78, 5) is 0. The van der Waals surface area contributed by atoms with Crippen molar-refractivity contribution in [3.05, 3.63) is 35.4 Å². The number of hydrogen-bond donors (Lipinski definition) is 3. The van der Waals surface area contributed by atoms with Gasteiger partial charge in [-0.3, -0.25) is 11.3 Å². The van der Waals surface area contributed by atoms with Crippen LogP contribution in [-0.4, -0.2) is 6.04 Å². The van der Waals surface area contributed by atoms with E-state index in [0.29, 0.717) is 6.54 Å². The second-order valence-electron chi connectivity index (χ2n) is 3.38. The van der Waals surface area contributed by atoms with Crippen molar-refractivity contribution in [1.29, 1.82) is 0 Å². The number of nitrogens with two attached hydrogens (primary N) is 2. The van der Waals surface area contributed by atoms with Crippen LogP contribution in [0.3, 0.4) is 0 Å². The van der Waals surface area contributed by atoms with Crippen molar-refractivity contribution in [2.24, 2.45) is 11.6 Å². The highest BCUT2D eigenvalue weighted by molar-refractivity contribution is 5.22. The van der Waals surface area contributed by atoms with Crippen LogP contribution in [0, 0.1) is 0 Å². The van der Waals surface area contributed by atoms with Crippen molar-refractivity contribution in [2.75, 3.05) is 0 Å². The number of nitrogens with one attached hydrogen (secondary N) is 1. The molecule has 0 saturated heterocycles. The Morgan fingerprint density at radius 2 is 1.77 bits per heavy atom. The minimum Gasteiger partial charge on any atom is -0.328 e. The first-order valence-corrected chi connectivity index (χ1v) is 4.49. The Hall–Kier alpha value is -0.900. The number of benzene rings is 1. The molecule has 3 nitrogen and oxygen atoms in total. The van der Waals surface area contributed by atoms with E-state index in [-0.39, 0.29) is 6.04 Å². The molecule has 0 bridgehead atoms. The summed E-state index contributed by atoms with van der Waals surface area (Å²) in [6, 6.07) is 8.54. The van der Waals surface area contributed by atoms with Gasteiger partial charge < -0.3 is 5.73 Å². The van der Waals surface area contributed by atoms with E-state index in [9.17, 15) is 0 Å². The summed E-state index contributed by atoms with van der Waals surface area (Å²) in [5.74, 6) is 5.21. The van der Waals surface area contributed by atoms with Crippen molar-refractivity contribution in [3.63, 3.8) is 0 Å². The molecule has 3 heteroatoms. The molecule has 0 fully saturated rings. The molecular weight excluding hydrogens is 162 g/mol. The Balaban J connectivity index is 2.59. The van der Waals surface area contributed by atoms with Gasteiger partial charge in [0.25, 0.3) is 0 Å². The molecular formula is C10H17N3. The summed E-state index contributed by atoms with van der Waals surface area (Å²) in [6.07, 6.45) is 0.927. The smallest absolute Gasteiger partial charge is 0.0348 e. The van der Waals surface area contributed by atoms with Crippen LogP contribution >= 0.6 is 0 Å². The molecule has 1 rings (SSSR count). The number of hydrazine groups is 1. The van der Waals surface area contributed by atoms with Gasteiger partial charge >= 0.3 is 0 Å². The molecule has 1 aromatic carbocycles. The van der Waals surface area contributed by atoms with Gasteiger partial charge in [0.2, 0.25) is 0 Å². The molecule has 0 aromatic heterocycles. The van der Waals surface area contributed by atoms with Gasteiger partial charge in [0, 0.05) is 12.6 Å². The predicted molar refractivity (Wildman–Crippen MR) is 54.8 cm³/mol. The Labute approximate surface area is 79.1 Å². The van der Waals surface area contributed by atoms with Crippen molar-refractivity contribution >= 4 is 0 Å². The van der Waals surface area contributed by atoms with Gasteiger partial charge in [-0.05, 0) is 24.5 Å². The first-order valence-electron chi connectivity index (χ1n) is 4.49. The van der Waals surface area contributed by atoms with Crippen molar-refractivity contribution in [3.8, 4) is 0 Å². The van der Waals surface area contributed by atoms with Crippen LogP contribution in [0.15, 0.2) is 24.3 Å². The lowest BCUT2D eigenvalue weighted by Gasteiger charge is -2.06. The Bertz CT molecular complexity index is 241. The summed E-state index contributed by atoms with van der Waals surface area (Å²) in [5.41, 5.74) is 10.8. The zero-order valence-corrected chi connectivity index (χ0v) is 7.96. The second kappa shape index (κ2) is 4.97. The van der Waals surface area contributed by atoms with E-state index >= 15 is 0 Å². The minimum atomic E-state index is 0.221. The van der Waals surface area contributed by atoms with E-state index in [1.54, 1.807) is 0 Å². The maximum atomic E-state index is 5.69. The van der Waals surface area contributed by atoms with Crippen LogP contribution < -0.4 is 17.0 Å². The Morgan fingerprint density at radius 1 is 1.23 bits per heavy atom. The van der Waals surface area contributed by atoms with Crippen LogP contribution in [0.4, 0.5) is 0 Å². The molecule has 0 spiro atoms. The Morgan fingerprint density at radius 3 is 2.23 bits per heavy atom. The molecule has 0 aliphatic heterocycles. The molecule has 0 radical (unpaired) electrons. The molecule has 72 valence electrons. The fourth-order valence-corrected chi connectivity index (χ4v) is 1.28. The SMILES string of the molecule is CC(N)Cc1ccc(CNN)cc1. The van der Waals surface area contributed by atoms with Gasteiger partial charge in [0.15, 0.2) is 0 Å². The van der Waals surface area contributed by atoms with E-state index in [0.717, 1.165) is 6.42 Å². The summed E-state index contributed by atoms with van der Waals surface area (Å²) in [5, 5.41) is 0. The molecule has 0 aliphatic rings. The average molecular weight is 179 g/mol. The zero-order valence-electron chi connectivity index (χ0n) is 7.96. The molecule has 13 heavy (non-hydrogen) atoms. The molecule has 1 aromatic rings. The van der Waals surface area contributed by atoms with E-state index in [4.69, 9.17) is 11.6 Å². The van der Waals surface area contributed by atoms with Gasteiger partial charge in [-0.1, -0.05) is 24.3 Å². The second-order valence-corrected chi connectivity index (χ2v) is 3.38. The molecule has 5 N–H and O–H groups in total. The summed E-state index contributed by atoms with van der Waals surface area (Å²) in [6.45, 7) is 2.72. The quantitative estimate of drug-likeness (QED) is 0.467. The summed E-state index contributed by atoms with van der Waals surface area (Å²) >= 11 is 0. The predicted octanol–water partition coefficient (Wildman–Crippen LogP) is 0.540. The monoisotopic (exact) mass is 179 g/mol. The normalized spacial score (nSPS) is 12.8. The highest BCUT2D eigenvalue weighted by atomic mass is 15.2. The lowest BCUT2D eigenvalue weighted by Crippen LogP contribution is -2.21. The first-order chi connectivity index (χ1) is 6.22. The van der Waals surface area contributed by atoms with Crippen molar-refractivity contribution in [2.45, 2.75) is 25.9 Å². The number of rotatable bonds is 4. The third kappa shape index (κ3) is 3.55. The number of hydrogen-bond acceptors (Lipinski definition) is 3. The molecule has 0 heterocycles. The van der Waals surface area contributed by atoms with E-state index in [1.807, 2.05) is 6.92 Å². The molecule has 1 unspecified atom stereocenters. The largest absolute Gasteiger partial charge is 0.328 e. The van der Waals surface area contributed by atoms with Crippen LogP contribution in [0.5, 0.6) is 0 Å². The third-order valence-corrected chi connectivity index (χ3v) is 1.89.